The van der Waals surface area contributed by atoms with Crippen LogP contribution in [0.5, 0.6) is 0 Å². The van der Waals surface area contributed by atoms with Crippen molar-refractivity contribution in [1.82, 2.24) is 0 Å². The maximum atomic E-state index is 5.96. The number of aryl methyl sites for hydroxylation is 1. The lowest BCUT2D eigenvalue weighted by atomic mass is 10.2. The average molecular weight is 238 g/mol. The summed E-state index contributed by atoms with van der Waals surface area (Å²) in [5.41, 5.74) is 3.31. The number of hydrogen-bond acceptors (Lipinski definition) is 2. The summed E-state index contributed by atoms with van der Waals surface area (Å²) in [6.07, 6.45) is 0. The Bertz CT molecular complexity index is 851. The van der Waals surface area contributed by atoms with E-state index in [4.69, 9.17) is 4.42 Å². The molecule has 0 fully saturated rings. The van der Waals surface area contributed by atoms with Crippen molar-refractivity contribution in [2.24, 2.45) is 0 Å². The lowest BCUT2D eigenvalue weighted by Gasteiger charge is -1.91. The number of para-hydroxylation sites is 1. The Morgan fingerprint density at radius 1 is 1.00 bits per heavy atom. The number of hydrogen-bond donors (Lipinski definition) is 0. The molecule has 17 heavy (non-hydrogen) atoms. The van der Waals surface area contributed by atoms with Crippen LogP contribution < -0.4 is 0 Å². The SMILES string of the molecule is Cc1ccc2c(c1)sc1c3ccccc3oc21. The molecular formula is C15H10OS. The second kappa shape index (κ2) is 3.11. The minimum atomic E-state index is 0.983. The van der Waals surface area contributed by atoms with Crippen molar-refractivity contribution in [3.05, 3.63) is 48.0 Å². The van der Waals surface area contributed by atoms with E-state index in [9.17, 15) is 0 Å². The van der Waals surface area contributed by atoms with Crippen LogP contribution in [0.4, 0.5) is 0 Å². The molecule has 0 radical (unpaired) electrons. The highest BCUT2D eigenvalue weighted by atomic mass is 32.1. The van der Waals surface area contributed by atoms with Gasteiger partial charge in [0.15, 0.2) is 5.58 Å². The first-order valence-corrected chi connectivity index (χ1v) is 6.45. The Balaban J connectivity index is 2.29. The molecule has 2 aromatic carbocycles. The van der Waals surface area contributed by atoms with Gasteiger partial charge in [0.1, 0.15) is 5.58 Å². The van der Waals surface area contributed by atoms with Crippen LogP contribution in [0, 0.1) is 6.92 Å². The van der Waals surface area contributed by atoms with Gasteiger partial charge in [0.25, 0.3) is 0 Å². The molecule has 0 atom stereocenters. The zero-order valence-electron chi connectivity index (χ0n) is 9.36. The third kappa shape index (κ3) is 1.19. The van der Waals surface area contributed by atoms with Gasteiger partial charge in [0.05, 0.1) is 4.70 Å². The molecule has 2 heteroatoms. The van der Waals surface area contributed by atoms with Gasteiger partial charge in [-0.15, -0.1) is 11.3 Å². The topological polar surface area (TPSA) is 13.1 Å². The van der Waals surface area contributed by atoms with Gasteiger partial charge in [-0.25, -0.2) is 0 Å². The van der Waals surface area contributed by atoms with Crippen molar-refractivity contribution in [3.63, 3.8) is 0 Å². The normalized spacial score (nSPS) is 11.8. The second-order valence-corrected chi connectivity index (χ2v) is 5.41. The molecule has 4 aromatic rings. The molecular weight excluding hydrogens is 228 g/mol. The van der Waals surface area contributed by atoms with Gasteiger partial charge in [-0.2, -0.15) is 0 Å². The molecule has 0 aliphatic rings. The minimum Gasteiger partial charge on any atom is -0.454 e. The first-order chi connectivity index (χ1) is 8.33. The summed E-state index contributed by atoms with van der Waals surface area (Å²) in [7, 11) is 0. The molecule has 0 saturated carbocycles. The average Bonchev–Trinajstić information content (AvgIpc) is 2.84. The fourth-order valence-corrected chi connectivity index (χ4v) is 3.57. The molecule has 0 bridgehead atoms. The molecule has 0 N–H and O–H groups in total. The van der Waals surface area contributed by atoms with Crippen LogP contribution in [-0.4, -0.2) is 0 Å². The Morgan fingerprint density at radius 3 is 2.82 bits per heavy atom. The van der Waals surface area contributed by atoms with E-state index in [1.165, 1.54) is 25.7 Å². The summed E-state index contributed by atoms with van der Waals surface area (Å²) in [5.74, 6) is 0. The third-order valence-corrected chi connectivity index (χ3v) is 4.31. The lowest BCUT2D eigenvalue weighted by molar-refractivity contribution is 0.673. The standard InChI is InChI=1S/C15H10OS/c1-9-6-7-11-13(8-9)17-15-10-4-2-3-5-12(10)16-14(11)15/h2-8H,1H3. The lowest BCUT2D eigenvalue weighted by Crippen LogP contribution is -1.68. The van der Waals surface area contributed by atoms with E-state index in [2.05, 4.69) is 37.3 Å². The highest BCUT2D eigenvalue weighted by Gasteiger charge is 2.12. The highest BCUT2D eigenvalue weighted by Crippen LogP contribution is 2.40. The quantitative estimate of drug-likeness (QED) is 0.415. The molecule has 2 aromatic heterocycles. The summed E-state index contributed by atoms with van der Waals surface area (Å²) in [6.45, 7) is 2.12. The van der Waals surface area contributed by atoms with Gasteiger partial charge >= 0.3 is 0 Å². The van der Waals surface area contributed by atoms with Crippen LogP contribution in [0.1, 0.15) is 5.56 Å². The maximum absolute atomic E-state index is 5.96. The molecule has 1 nitrogen and oxygen atoms in total. The van der Waals surface area contributed by atoms with E-state index in [0.717, 1.165) is 11.2 Å². The number of rotatable bonds is 0. The van der Waals surface area contributed by atoms with E-state index >= 15 is 0 Å². The van der Waals surface area contributed by atoms with Gasteiger partial charge in [-0.1, -0.05) is 18.2 Å². The molecule has 0 aliphatic carbocycles. The molecule has 82 valence electrons. The maximum Gasteiger partial charge on any atom is 0.154 e. The number of thiophene rings is 1. The largest absolute Gasteiger partial charge is 0.454 e. The van der Waals surface area contributed by atoms with E-state index in [0.29, 0.717) is 0 Å². The molecule has 0 unspecified atom stereocenters. The van der Waals surface area contributed by atoms with Crippen molar-refractivity contribution in [3.8, 4) is 0 Å². The van der Waals surface area contributed by atoms with Gasteiger partial charge in [0, 0.05) is 15.5 Å². The summed E-state index contributed by atoms with van der Waals surface area (Å²) >= 11 is 1.82. The summed E-state index contributed by atoms with van der Waals surface area (Å²) in [5, 5.41) is 2.45. The second-order valence-electron chi connectivity index (χ2n) is 4.36. The molecule has 0 spiro atoms. The Labute approximate surface area is 102 Å². The van der Waals surface area contributed by atoms with Crippen LogP contribution in [0.15, 0.2) is 46.9 Å². The van der Waals surface area contributed by atoms with Crippen molar-refractivity contribution >= 4 is 42.7 Å². The summed E-state index contributed by atoms with van der Waals surface area (Å²) in [6, 6.07) is 14.8. The summed E-state index contributed by atoms with van der Waals surface area (Å²) < 4.78 is 8.53. The van der Waals surface area contributed by atoms with Crippen LogP contribution in [0.25, 0.3) is 31.3 Å². The van der Waals surface area contributed by atoms with Crippen LogP contribution in [0.2, 0.25) is 0 Å². The molecule has 4 rings (SSSR count). The van der Waals surface area contributed by atoms with Crippen molar-refractivity contribution in [2.45, 2.75) is 6.92 Å². The number of benzene rings is 2. The number of furan rings is 1. The minimum absolute atomic E-state index is 0.983. The number of fused-ring (bicyclic) bond motifs is 5. The monoisotopic (exact) mass is 238 g/mol. The van der Waals surface area contributed by atoms with E-state index in [1.54, 1.807) is 0 Å². The van der Waals surface area contributed by atoms with Crippen molar-refractivity contribution in [1.29, 1.82) is 0 Å². The molecule has 2 heterocycles. The predicted molar refractivity (Wildman–Crippen MR) is 73.8 cm³/mol. The molecule has 0 saturated heterocycles. The van der Waals surface area contributed by atoms with Crippen LogP contribution in [-0.2, 0) is 0 Å². The van der Waals surface area contributed by atoms with Crippen LogP contribution in [0.3, 0.4) is 0 Å². The Morgan fingerprint density at radius 2 is 1.88 bits per heavy atom. The molecule has 0 aliphatic heterocycles. The molecule has 0 amide bonds. The first-order valence-electron chi connectivity index (χ1n) is 5.63. The van der Waals surface area contributed by atoms with E-state index in [-0.39, 0.29) is 0 Å². The van der Waals surface area contributed by atoms with Crippen molar-refractivity contribution < 1.29 is 4.42 Å². The zero-order chi connectivity index (χ0) is 11.4. The van der Waals surface area contributed by atoms with E-state index in [1.807, 2.05) is 23.5 Å². The fourth-order valence-electron chi connectivity index (χ4n) is 2.31. The first kappa shape index (κ1) is 9.25. The van der Waals surface area contributed by atoms with E-state index < -0.39 is 0 Å². The van der Waals surface area contributed by atoms with Gasteiger partial charge < -0.3 is 4.42 Å². The smallest absolute Gasteiger partial charge is 0.154 e. The van der Waals surface area contributed by atoms with Gasteiger partial charge in [-0.05, 0) is 36.8 Å². The summed E-state index contributed by atoms with van der Waals surface area (Å²) in [4.78, 5) is 0. The predicted octanol–water partition coefficient (Wildman–Crippen LogP) is 5.11. The highest BCUT2D eigenvalue weighted by molar-refractivity contribution is 7.26. The Hall–Kier alpha value is -1.80. The fraction of sp³-hybridized carbons (Fsp3) is 0.0667. The van der Waals surface area contributed by atoms with Gasteiger partial charge in [0.2, 0.25) is 0 Å². The van der Waals surface area contributed by atoms with Gasteiger partial charge in [-0.3, -0.25) is 0 Å². The third-order valence-electron chi connectivity index (χ3n) is 3.14. The zero-order valence-corrected chi connectivity index (χ0v) is 10.2. The Kier molecular flexibility index (Phi) is 1.69. The van der Waals surface area contributed by atoms with Crippen molar-refractivity contribution in [2.75, 3.05) is 0 Å². The van der Waals surface area contributed by atoms with Crippen LogP contribution >= 0.6 is 11.3 Å².